The molecular weight excluding hydrogens is 394 g/mol. The molecule has 0 aromatic rings. The maximum absolute atomic E-state index is 7.01. The molecule has 0 unspecified atom stereocenters. The van der Waals surface area contributed by atoms with Crippen LogP contribution >= 0.6 is 18.8 Å². The van der Waals surface area contributed by atoms with Crippen LogP contribution in [0.4, 0.5) is 0 Å². The Morgan fingerprint density at radius 3 is 1.50 bits per heavy atom. The summed E-state index contributed by atoms with van der Waals surface area (Å²) in [7, 11) is 8.67. The minimum absolute atomic E-state index is 0.472. The van der Waals surface area contributed by atoms with Crippen molar-refractivity contribution in [1.82, 2.24) is 0 Å². The summed E-state index contributed by atoms with van der Waals surface area (Å²) in [6.45, 7) is 5.63. The van der Waals surface area contributed by atoms with E-state index in [2.05, 4.69) is 13.1 Å². The fourth-order valence-electron chi connectivity index (χ4n) is 0.802. The summed E-state index contributed by atoms with van der Waals surface area (Å²) in [6, 6.07) is 2.12. The van der Waals surface area contributed by atoms with Gasteiger partial charge in [-0.2, -0.15) is 13.1 Å². The molecule has 0 spiro atoms. The Kier molecular flexibility index (Phi) is 13.9. The van der Waals surface area contributed by atoms with E-state index in [1.54, 1.807) is 0 Å². The van der Waals surface area contributed by atoms with E-state index in [-0.39, 0.29) is 0 Å². The Balaban J connectivity index is 0. The molecule has 0 aliphatic rings. The van der Waals surface area contributed by atoms with Gasteiger partial charge in [-0.05, 0) is 0 Å². The van der Waals surface area contributed by atoms with Gasteiger partial charge in [-0.3, -0.25) is 0 Å². The molecule has 0 aromatic heterocycles. The topological polar surface area (TPSA) is 47.6 Å². The van der Waals surface area contributed by atoms with Crippen LogP contribution in [0.1, 0.15) is 0 Å². The summed E-state index contributed by atoms with van der Waals surface area (Å²) in [6.07, 6.45) is 0. The van der Waals surface area contributed by atoms with Crippen LogP contribution in [0.5, 0.6) is 0 Å². The summed E-state index contributed by atoms with van der Waals surface area (Å²) in [5.74, 6) is 0. The minimum atomic E-state index is -1.08. The first-order chi connectivity index (χ1) is 5.54. The van der Waals surface area contributed by atoms with E-state index >= 15 is 0 Å². The molecular formula is C6H16Cl2N2PtSi. The molecule has 0 amide bonds. The Hall–Kier alpha value is 1.41. The van der Waals surface area contributed by atoms with Crippen LogP contribution in [0.15, 0.2) is 0 Å². The zero-order valence-electron chi connectivity index (χ0n) is 7.40. The number of nitrogens with one attached hydrogen (secondary N) is 2. The second-order valence-electron chi connectivity index (χ2n) is 3.21. The van der Waals surface area contributed by atoms with E-state index in [1.807, 2.05) is 0 Å². The Bertz CT molecular complexity index is 87.6. The molecule has 0 heterocycles. The van der Waals surface area contributed by atoms with E-state index in [4.69, 9.17) is 30.3 Å². The summed E-state index contributed by atoms with van der Waals surface area (Å²) >= 11 is -0.472. The van der Waals surface area contributed by atoms with E-state index in [0.29, 0.717) is 13.1 Å². The van der Waals surface area contributed by atoms with Gasteiger partial charge in [0.2, 0.25) is 0 Å². The van der Waals surface area contributed by atoms with Crippen LogP contribution in [0.25, 0.3) is 11.5 Å². The van der Waals surface area contributed by atoms with Gasteiger partial charge in [0.1, 0.15) is 0 Å². The van der Waals surface area contributed by atoms with Crippen molar-refractivity contribution in [2.45, 2.75) is 25.2 Å². The number of halogens is 2. The van der Waals surface area contributed by atoms with Crippen molar-refractivity contribution >= 4 is 26.9 Å². The number of hydrogen-bond donors (Lipinski definition) is 0. The van der Waals surface area contributed by atoms with Crippen molar-refractivity contribution in [3.05, 3.63) is 11.5 Å². The third-order valence-electron chi connectivity index (χ3n) is 1.60. The molecule has 0 aromatic carbocycles. The Morgan fingerprint density at radius 1 is 1.08 bits per heavy atom. The molecule has 78 valence electrons. The quantitative estimate of drug-likeness (QED) is 0.625. The molecule has 0 bridgehead atoms. The van der Waals surface area contributed by atoms with Gasteiger partial charge in [0.25, 0.3) is 0 Å². The van der Waals surface area contributed by atoms with Crippen molar-refractivity contribution in [2.24, 2.45) is 0 Å². The Labute approximate surface area is 92.8 Å². The monoisotopic (exact) mass is 409 g/mol. The molecule has 2 nitrogen and oxygen atoms in total. The zero-order chi connectivity index (χ0) is 10.0. The standard InChI is InChI=1S/C6H16N2Si.2ClH.Pt/c1-9(2,5-3-7)6-4-8;;;/h7-8H,3-6H2,1-2H3;2*1H;/q-2;;;+4/p-2. The third kappa shape index (κ3) is 14.0. The number of hydrogen-bond acceptors (Lipinski definition) is 0. The molecule has 0 rings (SSSR count). The van der Waals surface area contributed by atoms with Gasteiger partial charge >= 0.3 is 35.3 Å². The molecule has 12 heavy (non-hydrogen) atoms. The van der Waals surface area contributed by atoms with Crippen LogP contribution in [0.3, 0.4) is 0 Å². The molecule has 0 radical (unpaired) electrons. The third-order valence-corrected chi connectivity index (χ3v) is 4.81. The summed E-state index contributed by atoms with van der Waals surface area (Å²) < 4.78 is 0. The SMILES string of the molecule is C[Si](C)(CC[NH-])CC[NH-].[Cl][Pt+2][Cl]. The van der Waals surface area contributed by atoms with Crippen LogP contribution in [0, 0.1) is 0 Å². The average molecular weight is 410 g/mol. The van der Waals surface area contributed by atoms with E-state index in [1.165, 1.54) is 0 Å². The first kappa shape index (κ1) is 15.9. The molecule has 0 aliphatic heterocycles. The summed E-state index contributed by atoms with van der Waals surface area (Å²) in [4.78, 5) is 0. The van der Waals surface area contributed by atoms with Crippen LogP contribution in [0.2, 0.25) is 25.2 Å². The first-order valence-electron chi connectivity index (χ1n) is 3.65. The predicted molar refractivity (Wildman–Crippen MR) is 57.2 cm³/mol. The maximum atomic E-state index is 7.01. The fraction of sp³-hybridized carbons (Fsp3) is 1.00. The molecule has 0 aliphatic carbocycles. The molecule has 0 saturated carbocycles. The molecule has 6 heteroatoms. The van der Waals surface area contributed by atoms with Gasteiger partial charge in [0.15, 0.2) is 0 Å². The van der Waals surface area contributed by atoms with Gasteiger partial charge in [0, 0.05) is 8.07 Å². The second-order valence-corrected chi connectivity index (χ2v) is 11.8. The molecule has 0 atom stereocenters. The van der Waals surface area contributed by atoms with Crippen molar-refractivity contribution < 1.29 is 16.5 Å². The van der Waals surface area contributed by atoms with Crippen molar-refractivity contribution in [3.8, 4) is 0 Å². The molecule has 0 fully saturated rings. The van der Waals surface area contributed by atoms with E-state index in [0.717, 1.165) is 12.1 Å². The second kappa shape index (κ2) is 10.5. The van der Waals surface area contributed by atoms with E-state index < -0.39 is 24.6 Å². The predicted octanol–water partition coefficient (Wildman–Crippen LogP) is 4.18. The Morgan fingerprint density at radius 2 is 1.33 bits per heavy atom. The van der Waals surface area contributed by atoms with Crippen molar-refractivity contribution in [3.63, 3.8) is 0 Å². The van der Waals surface area contributed by atoms with Gasteiger partial charge < -0.3 is 11.5 Å². The van der Waals surface area contributed by atoms with Crippen molar-refractivity contribution in [2.75, 3.05) is 13.1 Å². The first-order valence-corrected chi connectivity index (χ1v) is 12.7. The van der Waals surface area contributed by atoms with Gasteiger partial charge in [0.05, 0.1) is 0 Å². The van der Waals surface area contributed by atoms with Crippen LogP contribution in [-0.2, 0) is 16.5 Å². The average Bonchev–Trinajstić information content (AvgIpc) is 1.88. The van der Waals surface area contributed by atoms with Gasteiger partial charge in [-0.15, -0.1) is 0 Å². The molecule has 0 saturated heterocycles. The normalized spacial score (nSPS) is 10.8. The van der Waals surface area contributed by atoms with Crippen LogP contribution < -0.4 is 0 Å². The zero-order valence-corrected chi connectivity index (χ0v) is 12.2. The summed E-state index contributed by atoms with van der Waals surface area (Å²) in [5, 5.41) is 0. The van der Waals surface area contributed by atoms with E-state index in [9.17, 15) is 0 Å². The van der Waals surface area contributed by atoms with Crippen molar-refractivity contribution in [1.29, 1.82) is 0 Å². The molecule has 2 N–H and O–H groups in total. The van der Waals surface area contributed by atoms with Gasteiger partial charge in [-0.25, -0.2) is 0 Å². The van der Waals surface area contributed by atoms with Gasteiger partial charge in [-0.1, -0.05) is 25.2 Å². The fourth-order valence-corrected chi connectivity index (χ4v) is 2.41. The number of rotatable bonds is 4. The summed E-state index contributed by atoms with van der Waals surface area (Å²) in [5.41, 5.74) is 14.0. The van der Waals surface area contributed by atoms with Crippen LogP contribution in [-0.4, -0.2) is 21.2 Å².